The molecule has 1 unspecified atom stereocenters. The van der Waals surface area contributed by atoms with Crippen LogP contribution in [-0.4, -0.2) is 35.3 Å². The summed E-state index contributed by atoms with van der Waals surface area (Å²) in [5.41, 5.74) is 0.954. The SMILES string of the molecule is COc1ccc(C(C)(O)c2nc(N3CC=CCC3)nc3ccccc23)cc1. The van der Waals surface area contributed by atoms with Crippen molar-refractivity contribution < 1.29 is 9.84 Å². The van der Waals surface area contributed by atoms with E-state index in [2.05, 4.69) is 17.1 Å². The van der Waals surface area contributed by atoms with Crippen LogP contribution in [0.2, 0.25) is 0 Å². The third kappa shape index (κ3) is 3.26. The molecule has 1 atom stereocenters. The van der Waals surface area contributed by atoms with Crippen molar-refractivity contribution in [3.63, 3.8) is 0 Å². The Balaban J connectivity index is 1.86. The molecule has 0 bridgehead atoms. The molecule has 1 aliphatic heterocycles. The van der Waals surface area contributed by atoms with Crippen molar-refractivity contribution in [3.05, 3.63) is 71.9 Å². The predicted molar refractivity (Wildman–Crippen MR) is 107 cm³/mol. The van der Waals surface area contributed by atoms with Crippen LogP contribution in [0.3, 0.4) is 0 Å². The smallest absolute Gasteiger partial charge is 0.226 e. The van der Waals surface area contributed by atoms with Gasteiger partial charge in [-0.1, -0.05) is 42.5 Å². The van der Waals surface area contributed by atoms with E-state index in [0.717, 1.165) is 41.7 Å². The monoisotopic (exact) mass is 361 g/mol. The molecule has 1 aromatic heterocycles. The summed E-state index contributed by atoms with van der Waals surface area (Å²) in [6, 6.07) is 15.3. The molecule has 1 aliphatic rings. The standard InChI is InChI=1S/C22H23N3O2/c1-22(26,16-10-12-17(27-2)13-11-16)20-18-8-4-5-9-19(18)23-21(24-20)25-14-6-3-7-15-25/h3-6,8-13,26H,7,14-15H2,1-2H3. The zero-order valence-corrected chi connectivity index (χ0v) is 15.6. The molecule has 1 N–H and O–H groups in total. The minimum Gasteiger partial charge on any atom is -0.497 e. The van der Waals surface area contributed by atoms with Gasteiger partial charge >= 0.3 is 0 Å². The molecule has 0 fully saturated rings. The molecule has 27 heavy (non-hydrogen) atoms. The van der Waals surface area contributed by atoms with Crippen LogP contribution in [0, 0.1) is 0 Å². The molecule has 0 saturated heterocycles. The first kappa shape index (κ1) is 17.5. The van der Waals surface area contributed by atoms with Crippen LogP contribution in [0.1, 0.15) is 24.6 Å². The Labute approximate surface area is 159 Å². The van der Waals surface area contributed by atoms with Crippen molar-refractivity contribution in [3.8, 4) is 5.75 Å². The number of anilines is 1. The number of para-hydroxylation sites is 1. The fourth-order valence-corrected chi connectivity index (χ4v) is 3.45. The summed E-state index contributed by atoms with van der Waals surface area (Å²) in [4.78, 5) is 11.7. The van der Waals surface area contributed by atoms with Crippen molar-refractivity contribution >= 4 is 16.9 Å². The quantitative estimate of drug-likeness (QED) is 0.719. The molecule has 5 heteroatoms. The molecule has 0 aliphatic carbocycles. The normalized spacial score (nSPS) is 16.3. The van der Waals surface area contributed by atoms with Crippen LogP contribution in [-0.2, 0) is 5.60 Å². The second-order valence-electron chi connectivity index (χ2n) is 6.90. The summed E-state index contributed by atoms with van der Waals surface area (Å²) in [6.07, 6.45) is 5.27. The first-order chi connectivity index (χ1) is 13.1. The number of methoxy groups -OCH3 is 1. The maximum Gasteiger partial charge on any atom is 0.226 e. The molecule has 138 valence electrons. The summed E-state index contributed by atoms with van der Waals surface area (Å²) in [5.74, 6) is 1.41. The molecule has 2 heterocycles. The molecule has 3 aromatic rings. The van der Waals surface area contributed by atoms with Crippen LogP contribution in [0.25, 0.3) is 10.9 Å². The third-order valence-electron chi connectivity index (χ3n) is 5.05. The molecule has 5 nitrogen and oxygen atoms in total. The lowest BCUT2D eigenvalue weighted by Crippen LogP contribution is -2.31. The van der Waals surface area contributed by atoms with Gasteiger partial charge in [0, 0.05) is 18.5 Å². The zero-order chi connectivity index (χ0) is 18.9. The van der Waals surface area contributed by atoms with Crippen molar-refractivity contribution in [1.82, 2.24) is 9.97 Å². The molecule has 0 spiro atoms. The van der Waals surface area contributed by atoms with Crippen LogP contribution in [0.15, 0.2) is 60.7 Å². The minimum atomic E-state index is -1.25. The van der Waals surface area contributed by atoms with Crippen molar-refractivity contribution in [1.29, 1.82) is 0 Å². The van der Waals surface area contributed by atoms with Gasteiger partial charge in [0.15, 0.2) is 0 Å². The number of fused-ring (bicyclic) bond motifs is 1. The lowest BCUT2D eigenvalue weighted by molar-refractivity contribution is 0.0991. The number of aliphatic hydroxyl groups is 1. The Hall–Kier alpha value is -2.92. The lowest BCUT2D eigenvalue weighted by Gasteiger charge is -2.28. The topological polar surface area (TPSA) is 58.5 Å². The van der Waals surface area contributed by atoms with Crippen LogP contribution in [0.5, 0.6) is 5.75 Å². The molecular formula is C22H23N3O2. The second-order valence-corrected chi connectivity index (χ2v) is 6.90. The molecule has 0 saturated carbocycles. The zero-order valence-electron chi connectivity index (χ0n) is 15.6. The summed E-state index contributed by atoms with van der Waals surface area (Å²) in [6.45, 7) is 3.44. The van der Waals surface area contributed by atoms with Crippen molar-refractivity contribution in [2.45, 2.75) is 18.9 Å². The number of rotatable bonds is 4. The maximum atomic E-state index is 11.5. The summed E-state index contributed by atoms with van der Waals surface area (Å²) in [7, 11) is 1.63. The molecule has 4 rings (SSSR count). The Morgan fingerprint density at radius 2 is 1.81 bits per heavy atom. The molecule has 2 aromatic carbocycles. The van der Waals surface area contributed by atoms with Gasteiger partial charge in [-0.25, -0.2) is 9.97 Å². The van der Waals surface area contributed by atoms with Crippen molar-refractivity contribution in [2.75, 3.05) is 25.1 Å². The van der Waals surface area contributed by atoms with Gasteiger partial charge in [-0.15, -0.1) is 0 Å². The number of aromatic nitrogens is 2. The number of benzene rings is 2. The Morgan fingerprint density at radius 3 is 2.52 bits per heavy atom. The van der Waals surface area contributed by atoms with E-state index in [1.807, 2.05) is 48.5 Å². The number of hydrogen-bond donors (Lipinski definition) is 1. The predicted octanol–water partition coefficient (Wildman–Crippen LogP) is 3.66. The minimum absolute atomic E-state index is 0.614. The average Bonchev–Trinajstić information content (AvgIpc) is 2.73. The summed E-state index contributed by atoms with van der Waals surface area (Å²) >= 11 is 0. The van der Waals surface area contributed by atoms with E-state index < -0.39 is 5.60 Å². The highest BCUT2D eigenvalue weighted by atomic mass is 16.5. The summed E-state index contributed by atoms with van der Waals surface area (Å²) < 4.78 is 5.24. The molecular weight excluding hydrogens is 338 g/mol. The fourth-order valence-electron chi connectivity index (χ4n) is 3.45. The molecule has 0 amide bonds. The third-order valence-corrected chi connectivity index (χ3v) is 5.05. The van der Waals surface area contributed by atoms with Gasteiger partial charge in [-0.2, -0.15) is 0 Å². The first-order valence-corrected chi connectivity index (χ1v) is 9.14. The van der Waals surface area contributed by atoms with Crippen LogP contribution >= 0.6 is 0 Å². The van der Waals surface area contributed by atoms with E-state index in [1.165, 1.54) is 0 Å². The van der Waals surface area contributed by atoms with Gasteiger partial charge < -0.3 is 14.7 Å². The highest BCUT2D eigenvalue weighted by molar-refractivity contribution is 5.83. The van der Waals surface area contributed by atoms with Gasteiger partial charge in [0.25, 0.3) is 0 Å². The van der Waals surface area contributed by atoms with Gasteiger partial charge in [0.2, 0.25) is 5.95 Å². The Kier molecular flexibility index (Phi) is 4.54. The fraction of sp³-hybridized carbons (Fsp3) is 0.273. The van der Waals surface area contributed by atoms with E-state index in [1.54, 1.807) is 14.0 Å². The Morgan fingerprint density at radius 1 is 1.04 bits per heavy atom. The van der Waals surface area contributed by atoms with E-state index >= 15 is 0 Å². The number of ether oxygens (including phenoxy) is 1. The lowest BCUT2D eigenvalue weighted by atomic mass is 9.90. The first-order valence-electron chi connectivity index (χ1n) is 9.14. The van der Waals surface area contributed by atoms with Crippen molar-refractivity contribution in [2.24, 2.45) is 0 Å². The number of hydrogen-bond acceptors (Lipinski definition) is 5. The maximum absolute atomic E-state index is 11.5. The van der Waals surface area contributed by atoms with E-state index in [0.29, 0.717) is 11.6 Å². The Bertz CT molecular complexity index is 981. The van der Waals surface area contributed by atoms with Crippen LogP contribution < -0.4 is 9.64 Å². The number of nitrogens with zero attached hydrogens (tertiary/aromatic N) is 3. The highest BCUT2D eigenvalue weighted by Crippen LogP contribution is 2.34. The highest BCUT2D eigenvalue weighted by Gasteiger charge is 2.31. The van der Waals surface area contributed by atoms with Gasteiger partial charge in [-0.05, 0) is 37.1 Å². The van der Waals surface area contributed by atoms with Gasteiger partial charge in [-0.3, -0.25) is 0 Å². The van der Waals surface area contributed by atoms with Gasteiger partial charge in [0.1, 0.15) is 11.4 Å². The van der Waals surface area contributed by atoms with E-state index in [9.17, 15) is 5.11 Å². The average molecular weight is 361 g/mol. The van der Waals surface area contributed by atoms with E-state index in [4.69, 9.17) is 14.7 Å². The second kappa shape index (κ2) is 7.00. The molecule has 0 radical (unpaired) electrons. The van der Waals surface area contributed by atoms with Gasteiger partial charge in [0.05, 0.1) is 18.3 Å². The summed E-state index contributed by atoms with van der Waals surface area (Å²) in [5, 5.41) is 12.3. The largest absolute Gasteiger partial charge is 0.497 e. The van der Waals surface area contributed by atoms with Crippen LogP contribution in [0.4, 0.5) is 5.95 Å². The van der Waals surface area contributed by atoms with E-state index in [-0.39, 0.29) is 0 Å².